The molecule has 0 heterocycles. The van der Waals surface area contributed by atoms with E-state index in [4.69, 9.17) is 5.11 Å². The van der Waals surface area contributed by atoms with E-state index in [9.17, 15) is 9.59 Å². The minimum Gasteiger partial charge on any atom is -0.373 e. The molecule has 1 atom stereocenters. The second-order valence-electron chi connectivity index (χ2n) is 1.99. The first kappa shape index (κ1) is 8.10. The van der Waals surface area contributed by atoms with Crippen molar-refractivity contribution in [3.63, 3.8) is 0 Å². The van der Waals surface area contributed by atoms with Crippen LogP contribution in [0.5, 0.6) is 0 Å². The highest BCUT2D eigenvalue weighted by atomic mass is 16.3. The fourth-order valence-corrected chi connectivity index (χ4v) is 0.173. The normalized spacial score (nSPS) is 16.3. The molecule has 0 aliphatic rings. The van der Waals surface area contributed by atoms with Gasteiger partial charge in [0.25, 0.3) is 5.91 Å². The monoisotopic (exact) mass is 131 g/mol. The van der Waals surface area contributed by atoms with Gasteiger partial charge in [-0.15, -0.1) is 0 Å². The molecule has 4 nitrogen and oxygen atoms in total. The third-order valence-corrected chi connectivity index (χ3v) is 1.17. The van der Waals surface area contributed by atoms with Gasteiger partial charge in [0.15, 0.2) is 11.4 Å². The van der Waals surface area contributed by atoms with Crippen LogP contribution in [0.25, 0.3) is 0 Å². The van der Waals surface area contributed by atoms with Crippen LogP contribution in [0, 0.1) is 0 Å². The van der Waals surface area contributed by atoms with Crippen LogP contribution in [-0.4, -0.2) is 22.4 Å². The number of aliphatic hydroxyl groups is 1. The van der Waals surface area contributed by atoms with Gasteiger partial charge in [0.05, 0.1) is 0 Å². The standard InChI is InChI=1S/C5H9NO3/c1-3(7)5(2,9)4(6)8/h9H,1-2H3,(H2,6,8)/t5-/m1/s1. The SMILES string of the molecule is CC(=O)[C@@](C)(O)C(N)=O. The molecule has 52 valence electrons. The van der Waals surface area contributed by atoms with Crippen LogP contribution in [0.1, 0.15) is 13.8 Å². The molecular weight excluding hydrogens is 122 g/mol. The topological polar surface area (TPSA) is 80.4 Å². The van der Waals surface area contributed by atoms with Crippen LogP contribution in [0.3, 0.4) is 0 Å². The summed E-state index contributed by atoms with van der Waals surface area (Å²) in [6.45, 7) is 2.17. The summed E-state index contributed by atoms with van der Waals surface area (Å²) >= 11 is 0. The summed E-state index contributed by atoms with van der Waals surface area (Å²) in [5.74, 6) is -1.66. The number of ketones is 1. The average Bonchev–Trinajstić information content (AvgIpc) is 1.65. The Hall–Kier alpha value is -0.900. The largest absolute Gasteiger partial charge is 0.373 e. The van der Waals surface area contributed by atoms with Crippen LogP contribution in [0.4, 0.5) is 0 Å². The first-order valence-corrected chi connectivity index (χ1v) is 2.42. The summed E-state index contributed by atoms with van der Waals surface area (Å²) in [5.41, 5.74) is 2.66. The third kappa shape index (κ3) is 1.50. The molecule has 3 N–H and O–H groups in total. The molecule has 0 aliphatic heterocycles. The van der Waals surface area contributed by atoms with Gasteiger partial charge in [-0.2, -0.15) is 0 Å². The van der Waals surface area contributed by atoms with Crippen LogP contribution in [0.2, 0.25) is 0 Å². The lowest BCUT2D eigenvalue weighted by Gasteiger charge is -2.13. The van der Waals surface area contributed by atoms with E-state index in [2.05, 4.69) is 5.73 Å². The van der Waals surface area contributed by atoms with Crippen molar-refractivity contribution in [2.24, 2.45) is 5.73 Å². The van der Waals surface area contributed by atoms with Crippen LogP contribution < -0.4 is 5.73 Å². The molecule has 4 heteroatoms. The maximum Gasteiger partial charge on any atom is 0.256 e. The highest BCUT2D eigenvalue weighted by Gasteiger charge is 2.32. The molecule has 0 fully saturated rings. The quantitative estimate of drug-likeness (QED) is 0.462. The zero-order valence-corrected chi connectivity index (χ0v) is 5.34. The molecule has 1 amide bonds. The maximum atomic E-state index is 10.4. The summed E-state index contributed by atoms with van der Waals surface area (Å²) in [6, 6.07) is 0. The summed E-state index contributed by atoms with van der Waals surface area (Å²) in [5, 5.41) is 8.84. The molecule has 0 rings (SSSR count). The van der Waals surface area contributed by atoms with Gasteiger partial charge in [-0.25, -0.2) is 0 Å². The number of rotatable bonds is 2. The fraction of sp³-hybridized carbons (Fsp3) is 0.600. The zero-order valence-electron chi connectivity index (χ0n) is 5.34. The molecule has 0 aliphatic carbocycles. The third-order valence-electron chi connectivity index (χ3n) is 1.17. The van der Waals surface area contributed by atoms with Crippen LogP contribution >= 0.6 is 0 Å². The Morgan fingerprint density at radius 3 is 1.89 bits per heavy atom. The molecule has 0 saturated carbocycles. The van der Waals surface area contributed by atoms with Crippen molar-refractivity contribution < 1.29 is 14.7 Å². The molecule has 0 saturated heterocycles. The van der Waals surface area contributed by atoms with E-state index < -0.39 is 17.3 Å². The van der Waals surface area contributed by atoms with E-state index in [0.717, 1.165) is 13.8 Å². The van der Waals surface area contributed by atoms with Crippen molar-refractivity contribution in [3.05, 3.63) is 0 Å². The van der Waals surface area contributed by atoms with E-state index in [1.54, 1.807) is 0 Å². The van der Waals surface area contributed by atoms with Gasteiger partial charge < -0.3 is 10.8 Å². The number of primary amides is 1. The predicted molar refractivity (Wildman–Crippen MR) is 30.5 cm³/mol. The Morgan fingerprint density at radius 2 is 1.89 bits per heavy atom. The predicted octanol–water partition coefficient (Wildman–Crippen LogP) is -1.19. The van der Waals surface area contributed by atoms with Gasteiger partial charge in [-0.1, -0.05) is 0 Å². The highest BCUT2D eigenvalue weighted by Crippen LogP contribution is 2.01. The Bertz CT molecular complexity index is 134. The van der Waals surface area contributed by atoms with E-state index >= 15 is 0 Å². The Labute approximate surface area is 52.7 Å². The minimum absolute atomic E-state index is 0.644. The number of carbonyl (C=O) groups is 2. The Balaban J connectivity index is 4.38. The van der Waals surface area contributed by atoms with Crippen molar-refractivity contribution in [2.75, 3.05) is 0 Å². The smallest absolute Gasteiger partial charge is 0.256 e. The number of amides is 1. The highest BCUT2D eigenvalue weighted by molar-refractivity contribution is 6.06. The number of hydrogen-bond acceptors (Lipinski definition) is 3. The lowest BCUT2D eigenvalue weighted by Crippen LogP contribution is -2.46. The van der Waals surface area contributed by atoms with Crippen molar-refractivity contribution >= 4 is 11.7 Å². The first-order valence-electron chi connectivity index (χ1n) is 2.42. The van der Waals surface area contributed by atoms with E-state index in [1.807, 2.05) is 0 Å². The van der Waals surface area contributed by atoms with Gasteiger partial charge in [-0.3, -0.25) is 9.59 Å². The first-order chi connectivity index (χ1) is 3.89. The number of carbonyl (C=O) groups excluding carboxylic acids is 2. The van der Waals surface area contributed by atoms with Crippen LogP contribution in [0.15, 0.2) is 0 Å². The molecule has 0 aromatic carbocycles. The van der Waals surface area contributed by atoms with Crippen molar-refractivity contribution in [3.8, 4) is 0 Å². The number of nitrogens with two attached hydrogens (primary N) is 1. The molecule has 0 aromatic heterocycles. The number of Topliss-reactive ketones (excluding diaryl/α,β-unsaturated/α-hetero) is 1. The van der Waals surface area contributed by atoms with Gasteiger partial charge >= 0.3 is 0 Å². The van der Waals surface area contributed by atoms with E-state index in [0.29, 0.717) is 0 Å². The molecular formula is C5H9NO3. The van der Waals surface area contributed by atoms with Crippen molar-refractivity contribution in [2.45, 2.75) is 19.4 Å². The summed E-state index contributed by atoms with van der Waals surface area (Å²) in [4.78, 5) is 20.6. The van der Waals surface area contributed by atoms with Crippen molar-refractivity contribution in [1.82, 2.24) is 0 Å². The fourth-order valence-electron chi connectivity index (χ4n) is 0.173. The van der Waals surface area contributed by atoms with Gasteiger partial charge in [0, 0.05) is 0 Å². The Kier molecular flexibility index (Phi) is 1.93. The van der Waals surface area contributed by atoms with E-state index in [1.165, 1.54) is 0 Å². The molecule has 0 radical (unpaired) electrons. The van der Waals surface area contributed by atoms with E-state index in [-0.39, 0.29) is 0 Å². The molecule has 0 unspecified atom stereocenters. The lowest BCUT2D eigenvalue weighted by atomic mass is 10.0. The molecule has 0 bridgehead atoms. The number of hydrogen-bond donors (Lipinski definition) is 2. The molecule has 9 heavy (non-hydrogen) atoms. The Morgan fingerprint density at radius 1 is 1.56 bits per heavy atom. The summed E-state index contributed by atoms with van der Waals surface area (Å²) < 4.78 is 0. The molecule has 0 aromatic rings. The minimum atomic E-state index is -2.00. The average molecular weight is 131 g/mol. The second-order valence-corrected chi connectivity index (χ2v) is 1.99. The maximum absolute atomic E-state index is 10.4. The lowest BCUT2D eigenvalue weighted by molar-refractivity contribution is -0.146. The van der Waals surface area contributed by atoms with Crippen LogP contribution in [-0.2, 0) is 9.59 Å². The van der Waals surface area contributed by atoms with Gasteiger partial charge in [0.1, 0.15) is 0 Å². The van der Waals surface area contributed by atoms with Crippen molar-refractivity contribution in [1.29, 1.82) is 0 Å². The van der Waals surface area contributed by atoms with Gasteiger partial charge in [0.2, 0.25) is 0 Å². The van der Waals surface area contributed by atoms with Gasteiger partial charge in [-0.05, 0) is 13.8 Å². The summed E-state index contributed by atoms with van der Waals surface area (Å²) in [7, 11) is 0. The summed E-state index contributed by atoms with van der Waals surface area (Å²) in [6.07, 6.45) is 0. The molecule has 0 spiro atoms. The zero-order chi connectivity index (χ0) is 7.65. The second kappa shape index (κ2) is 2.14.